The Morgan fingerprint density at radius 3 is 2.59 bits per heavy atom. The fourth-order valence-electron chi connectivity index (χ4n) is 2.39. The van der Waals surface area contributed by atoms with E-state index >= 15 is 0 Å². The SMILES string of the molecule is N#Cc1cc(Cl)cc(Oc2ccc(Cl)cc2OCCn2cc(Cl)c(=O)[nH]c2=O)c1. The summed E-state index contributed by atoms with van der Waals surface area (Å²) in [4.78, 5) is 25.2. The Kier molecular flexibility index (Phi) is 6.49. The second-order valence-corrected chi connectivity index (χ2v) is 7.04. The maximum Gasteiger partial charge on any atom is 0.328 e. The van der Waals surface area contributed by atoms with Gasteiger partial charge in [0.1, 0.15) is 17.4 Å². The summed E-state index contributed by atoms with van der Waals surface area (Å²) in [5.41, 5.74) is -0.913. The normalized spacial score (nSPS) is 10.4. The first-order valence-corrected chi connectivity index (χ1v) is 9.29. The lowest BCUT2D eigenvalue weighted by atomic mass is 10.2. The van der Waals surface area contributed by atoms with Gasteiger partial charge in [-0.2, -0.15) is 5.26 Å². The van der Waals surface area contributed by atoms with Crippen LogP contribution in [0.15, 0.2) is 52.2 Å². The van der Waals surface area contributed by atoms with Gasteiger partial charge in [-0.3, -0.25) is 14.3 Å². The van der Waals surface area contributed by atoms with Crippen molar-refractivity contribution in [3.63, 3.8) is 0 Å². The summed E-state index contributed by atoms with van der Waals surface area (Å²) in [6.07, 6.45) is 1.23. The van der Waals surface area contributed by atoms with Crippen molar-refractivity contribution in [3.8, 4) is 23.3 Å². The number of nitriles is 1. The van der Waals surface area contributed by atoms with E-state index in [1.807, 2.05) is 6.07 Å². The molecule has 2 aromatic carbocycles. The lowest BCUT2D eigenvalue weighted by Gasteiger charge is -2.14. The first kappa shape index (κ1) is 20.8. The van der Waals surface area contributed by atoms with E-state index in [9.17, 15) is 9.59 Å². The van der Waals surface area contributed by atoms with Crippen molar-refractivity contribution in [2.24, 2.45) is 0 Å². The van der Waals surface area contributed by atoms with Gasteiger partial charge in [-0.1, -0.05) is 34.8 Å². The maximum atomic E-state index is 11.8. The molecule has 1 heterocycles. The zero-order chi connectivity index (χ0) is 21.0. The minimum Gasteiger partial charge on any atom is -0.488 e. The van der Waals surface area contributed by atoms with Crippen LogP contribution in [0, 0.1) is 11.3 Å². The highest BCUT2D eigenvalue weighted by Crippen LogP contribution is 2.35. The highest BCUT2D eigenvalue weighted by molar-refractivity contribution is 6.31. The van der Waals surface area contributed by atoms with Crippen LogP contribution in [0.1, 0.15) is 5.56 Å². The summed E-state index contributed by atoms with van der Waals surface area (Å²) in [5.74, 6) is 1.01. The highest BCUT2D eigenvalue weighted by Gasteiger charge is 2.10. The van der Waals surface area contributed by atoms with Crippen LogP contribution in [-0.4, -0.2) is 16.2 Å². The van der Waals surface area contributed by atoms with Gasteiger partial charge < -0.3 is 9.47 Å². The predicted molar refractivity (Wildman–Crippen MR) is 110 cm³/mol. The number of benzene rings is 2. The van der Waals surface area contributed by atoms with E-state index in [0.717, 1.165) is 0 Å². The molecule has 1 N–H and O–H groups in total. The zero-order valence-electron chi connectivity index (χ0n) is 14.6. The monoisotopic (exact) mass is 451 g/mol. The van der Waals surface area contributed by atoms with Crippen LogP contribution in [0.2, 0.25) is 15.1 Å². The summed E-state index contributed by atoms with van der Waals surface area (Å²) >= 11 is 17.8. The third-order valence-corrected chi connectivity index (χ3v) is 4.41. The number of ether oxygens (including phenoxy) is 2. The van der Waals surface area contributed by atoms with Crippen LogP contribution in [0.4, 0.5) is 0 Å². The molecular formula is C19H12Cl3N3O4. The minimum absolute atomic E-state index is 0.0674. The summed E-state index contributed by atoms with van der Waals surface area (Å²) in [6, 6.07) is 11.4. The van der Waals surface area contributed by atoms with Crippen molar-refractivity contribution >= 4 is 34.8 Å². The van der Waals surface area contributed by atoms with E-state index in [0.29, 0.717) is 32.9 Å². The van der Waals surface area contributed by atoms with Gasteiger partial charge in [0.25, 0.3) is 5.56 Å². The average Bonchev–Trinajstić information content (AvgIpc) is 2.67. The number of halogens is 3. The first-order chi connectivity index (χ1) is 13.9. The molecule has 7 nitrogen and oxygen atoms in total. The Balaban J connectivity index is 1.78. The number of hydrogen-bond acceptors (Lipinski definition) is 5. The molecule has 0 bridgehead atoms. The van der Waals surface area contributed by atoms with E-state index in [4.69, 9.17) is 49.5 Å². The molecule has 0 radical (unpaired) electrons. The topological polar surface area (TPSA) is 97.1 Å². The molecule has 3 rings (SSSR count). The standard InChI is InChI=1S/C19H12Cl3N3O4/c20-12-1-2-16(29-14-6-11(9-23)5-13(21)7-14)17(8-12)28-4-3-25-10-15(22)18(26)24-19(25)27/h1-2,5-8,10H,3-4H2,(H,24,26,27). The van der Waals surface area contributed by atoms with Crippen LogP contribution in [0.3, 0.4) is 0 Å². The van der Waals surface area contributed by atoms with Gasteiger partial charge in [-0.05, 0) is 30.3 Å². The van der Waals surface area contributed by atoms with Gasteiger partial charge in [0.05, 0.1) is 18.2 Å². The van der Waals surface area contributed by atoms with Crippen molar-refractivity contribution in [1.82, 2.24) is 9.55 Å². The van der Waals surface area contributed by atoms with E-state index in [1.165, 1.54) is 22.9 Å². The van der Waals surface area contributed by atoms with Crippen molar-refractivity contribution in [1.29, 1.82) is 5.26 Å². The number of hydrogen-bond donors (Lipinski definition) is 1. The van der Waals surface area contributed by atoms with Crippen molar-refractivity contribution in [2.75, 3.05) is 6.61 Å². The minimum atomic E-state index is -0.655. The Morgan fingerprint density at radius 1 is 1.03 bits per heavy atom. The van der Waals surface area contributed by atoms with E-state index < -0.39 is 11.2 Å². The molecular weight excluding hydrogens is 441 g/mol. The Labute approximate surface area is 179 Å². The quantitative estimate of drug-likeness (QED) is 0.603. The fourth-order valence-corrected chi connectivity index (χ4v) is 2.95. The molecule has 0 amide bonds. The van der Waals surface area contributed by atoms with Gasteiger partial charge in [0.15, 0.2) is 11.5 Å². The van der Waals surface area contributed by atoms with E-state index in [1.54, 1.807) is 24.3 Å². The number of nitrogens with one attached hydrogen (secondary N) is 1. The molecule has 0 aliphatic carbocycles. The summed E-state index contributed by atoms with van der Waals surface area (Å²) in [7, 11) is 0. The van der Waals surface area contributed by atoms with Gasteiger partial charge >= 0.3 is 5.69 Å². The first-order valence-electron chi connectivity index (χ1n) is 8.16. The van der Waals surface area contributed by atoms with Crippen LogP contribution in [0.25, 0.3) is 0 Å². The van der Waals surface area contributed by atoms with E-state index in [-0.39, 0.29) is 18.2 Å². The van der Waals surface area contributed by atoms with Gasteiger partial charge in [0.2, 0.25) is 0 Å². The van der Waals surface area contributed by atoms with Gasteiger partial charge in [-0.15, -0.1) is 0 Å². The highest BCUT2D eigenvalue weighted by atomic mass is 35.5. The molecule has 10 heteroatoms. The molecule has 0 aliphatic heterocycles. The Bertz CT molecular complexity index is 1210. The largest absolute Gasteiger partial charge is 0.488 e. The average molecular weight is 453 g/mol. The maximum absolute atomic E-state index is 11.8. The molecule has 0 saturated carbocycles. The molecule has 0 saturated heterocycles. The summed E-state index contributed by atoms with van der Waals surface area (Å²) < 4.78 is 12.7. The number of aromatic amines is 1. The van der Waals surface area contributed by atoms with Gasteiger partial charge in [-0.25, -0.2) is 4.79 Å². The van der Waals surface area contributed by atoms with Crippen LogP contribution in [0.5, 0.6) is 17.2 Å². The lowest BCUT2D eigenvalue weighted by Crippen LogP contribution is -2.31. The molecule has 1 aromatic heterocycles. The van der Waals surface area contributed by atoms with Gasteiger partial charge in [0, 0.05) is 22.3 Å². The molecule has 0 spiro atoms. The molecule has 0 fully saturated rings. The predicted octanol–water partition coefficient (Wildman–Crippen LogP) is 4.24. The number of rotatable bonds is 6. The zero-order valence-corrected chi connectivity index (χ0v) is 16.9. The molecule has 0 atom stereocenters. The number of nitrogens with zero attached hydrogens (tertiary/aromatic N) is 2. The third-order valence-electron chi connectivity index (χ3n) is 3.69. The van der Waals surface area contributed by atoms with Crippen LogP contribution >= 0.6 is 34.8 Å². The molecule has 0 aliphatic rings. The lowest BCUT2D eigenvalue weighted by molar-refractivity contribution is 0.283. The Hall–Kier alpha value is -2.92. The summed E-state index contributed by atoms with van der Waals surface area (Å²) in [5, 5.41) is 9.72. The molecule has 0 unspecified atom stereocenters. The fraction of sp³-hybridized carbons (Fsp3) is 0.105. The second kappa shape index (κ2) is 9.05. The van der Waals surface area contributed by atoms with Crippen LogP contribution < -0.4 is 20.7 Å². The summed E-state index contributed by atoms with van der Waals surface area (Å²) in [6.45, 7) is 0.189. The number of aromatic nitrogens is 2. The van der Waals surface area contributed by atoms with E-state index in [2.05, 4.69) is 4.98 Å². The van der Waals surface area contributed by atoms with Crippen LogP contribution in [-0.2, 0) is 6.54 Å². The number of H-pyrrole nitrogens is 1. The molecule has 148 valence electrons. The Morgan fingerprint density at radius 2 is 1.83 bits per heavy atom. The van der Waals surface area contributed by atoms with Crippen molar-refractivity contribution < 1.29 is 9.47 Å². The smallest absolute Gasteiger partial charge is 0.328 e. The van der Waals surface area contributed by atoms with Crippen molar-refractivity contribution in [3.05, 3.63) is 84.1 Å². The molecule has 29 heavy (non-hydrogen) atoms. The van der Waals surface area contributed by atoms with Crippen molar-refractivity contribution in [2.45, 2.75) is 6.54 Å². The molecule has 3 aromatic rings. The second-order valence-electron chi connectivity index (χ2n) is 5.76. The third kappa shape index (κ3) is 5.33.